The molecule has 1 amide bonds. The highest BCUT2D eigenvalue weighted by Gasteiger charge is 2.27. The van der Waals surface area contributed by atoms with Crippen molar-refractivity contribution in [1.82, 2.24) is 24.5 Å². The minimum atomic E-state index is -0.563. The average Bonchev–Trinajstić information content (AvgIpc) is 3.05. The van der Waals surface area contributed by atoms with Crippen molar-refractivity contribution < 1.29 is 14.3 Å². The SMILES string of the molecule is CCOC(=O)c1nc2cc(Cl)c(Cl)cc2nc1N1CCCN(C(=O)c2snnc2C)CC1. The summed E-state index contributed by atoms with van der Waals surface area (Å²) in [5.74, 6) is -0.248. The molecule has 32 heavy (non-hydrogen) atoms. The molecule has 3 heterocycles. The molecule has 4 rings (SSSR count). The van der Waals surface area contributed by atoms with Crippen LogP contribution in [-0.4, -0.2) is 69.1 Å². The second kappa shape index (κ2) is 9.51. The number of aryl methyl sites for hydroxylation is 1. The first-order chi connectivity index (χ1) is 15.4. The van der Waals surface area contributed by atoms with Crippen molar-refractivity contribution in [1.29, 1.82) is 0 Å². The standard InChI is InChI=1S/C20H20Cl2N6O3S/c1-3-31-20(30)16-18(24-15-10-13(22)12(21)9-14(15)23-16)27-5-4-6-28(8-7-27)19(29)17-11(2)25-26-32-17/h9-10H,3-8H2,1-2H3. The minimum absolute atomic E-state index is 0.0871. The fourth-order valence-electron chi connectivity index (χ4n) is 3.50. The van der Waals surface area contributed by atoms with Gasteiger partial charge < -0.3 is 14.5 Å². The van der Waals surface area contributed by atoms with Crippen molar-refractivity contribution in [3.63, 3.8) is 0 Å². The summed E-state index contributed by atoms with van der Waals surface area (Å²) in [7, 11) is 0. The number of carbonyl (C=O) groups excluding carboxylic acids is 2. The monoisotopic (exact) mass is 494 g/mol. The number of rotatable bonds is 4. The average molecular weight is 495 g/mol. The number of nitrogens with zero attached hydrogens (tertiary/aromatic N) is 6. The summed E-state index contributed by atoms with van der Waals surface area (Å²) in [6.07, 6.45) is 0.695. The first-order valence-corrected chi connectivity index (χ1v) is 11.6. The van der Waals surface area contributed by atoms with Crippen LogP contribution in [0, 0.1) is 6.92 Å². The van der Waals surface area contributed by atoms with E-state index in [9.17, 15) is 9.59 Å². The van der Waals surface area contributed by atoms with Crippen LogP contribution >= 0.6 is 34.7 Å². The van der Waals surface area contributed by atoms with Gasteiger partial charge in [0.1, 0.15) is 4.88 Å². The number of benzene rings is 1. The highest BCUT2D eigenvalue weighted by molar-refractivity contribution is 7.07. The van der Waals surface area contributed by atoms with E-state index < -0.39 is 5.97 Å². The van der Waals surface area contributed by atoms with E-state index in [4.69, 9.17) is 27.9 Å². The van der Waals surface area contributed by atoms with E-state index >= 15 is 0 Å². The molecule has 1 aliphatic heterocycles. The lowest BCUT2D eigenvalue weighted by molar-refractivity contribution is 0.0520. The van der Waals surface area contributed by atoms with Gasteiger partial charge in [0.15, 0.2) is 11.5 Å². The number of ether oxygens (including phenoxy) is 1. The van der Waals surface area contributed by atoms with Crippen LogP contribution in [0.15, 0.2) is 12.1 Å². The molecule has 0 radical (unpaired) electrons. The molecular weight excluding hydrogens is 475 g/mol. The number of esters is 1. The van der Waals surface area contributed by atoms with Gasteiger partial charge in [-0.25, -0.2) is 14.8 Å². The van der Waals surface area contributed by atoms with E-state index in [1.165, 1.54) is 0 Å². The van der Waals surface area contributed by atoms with Gasteiger partial charge in [-0.15, -0.1) is 5.10 Å². The van der Waals surface area contributed by atoms with Crippen LogP contribution in [0.3, 0.4) is 0 Å². The van der Waals surface area contributed by atoms with Gasteiger partial charge in [-0.1, -0.05) is 27.7 Å². The Kier molecular flexibility index (Phi) is 6.73. The molecule has 168 valence electrons. The number of hydrogen-bond acceptors (Lipinski definition) is 9. The number of carbonyl (C=O) groups is 2. The quantitative estimate of drug-likeness (QED) is 0.506. The molecule has 0 spiro atoms. The molecule has 2 aromatic heterocycles. The van der Waals surface area contributed by atoms with Crippen LogP contribution in [-0.2, 0) is 4.74 Å². The van der Waals surface area contributed by atoms with Gasteiger partial charge in [0.25, 0.3) is 5.91 Å². The molecule has 12 heteroatoms. The lowest BCUT2D eigenvalue weighted by atomic mass is 10.2. The van der Waals surface area contributed by atoms with Gasteiger partial charge in [-0.05, 0) is 43.9 Å². The molecule has 9 nitrogen and oxygen atoms in total. The van der Waals surface area contributed by atoms with Crippen LogP contribution in [0.5, 0.6) is 0 Å². The van der Waals surface area contributed by atoms with Gasteiger partial charge in [-0.2, -0.15) is 0 Å². The maximum atomic E-state index is 12.9. The van der Waals surface area contributed by atoms with Crippen molar-refractivity contribution in [2.45, 2.75) is 20.3 Å². The van der Waals surface area contributed by atoms with Crippen LogP contribution in [0.2, 0.25) is 10.0 Å². The fraction of sp³-hybridized carbons (Fsp3) is 0.400. The van der Waals surface area contributed by atoms with Crippen LogP contribution in [0.4, 0.5) is 5.82 Å². The second-order valence-corrected chi connectivity index (χ2v) is 8.76. The highest BCUT2D eigenvalue weighted by atomic mass is 35.5. The Balaban J connectivity index is 1.66. The molecule has 1 aliphatic rings. The summed E-state index contributed by atoms with van der Waals surface area (Å²) in [6, 6.07) is 3.20. The predicted octanol–water partition coefficient (Wildman–Crippen LogP) is 3.63. The van der Waals surface area contributed by atoms with Crippen molar-refractivity contribution in [3.8, 4) is 0 Å². The Bertz CT molecular complexity index is 1190. The predicted molar refractivity (Wildman–Crippen MR) is 123 cm³/mol. The smallest absolute Gasteiger partial charge is 0.360 e. The Hall–Kier alpha value is -2.56. The Morgan fingerprint density at radius 2 is 1.81 bits per heavy atom. The summed E-state index contributed by atoms with van der Waals surface area (Å²) >= 11 is 13.4. The van der Waals surface area contributed by atoms with E-state index in [1.54, 1.807) is 30.9 Å². The van der Waals surface area contributed by atoms with Crippen molar-refractivity contribution in [3.05, 3.63) is 38.4 Å². The second-order valence-electron chi connectivity index (χ2n) is 7.19. The number of anilines is 1. The number of amides is 1. The molecule has 0 aliphatic carbocycles. The van der Waals surface area contributed by atoms with Crippen molar-refractivity contribution >= 4 is 63.5 Å². The third kappa shape index (κ3) is 4.48. The van der Waals surface area contributed by atoms with E-state index in [0.29, 0.717) is 70.1 Å². The van der Waals surface area contributed by atoms with E-state index in [2.05, 4.69) is 19.6 Å². The van der Waals surface area contributed by atoms with E-state index in [1.807, 2.05) is 4.90 Å². The molecule has 1 saturated heterocycles. The first kappa shape index (κ1) is 22.6. The topological polar surface area (TPSA) is 101 Å². The van der Waals surface area contributed by atoms with Crippen LogP contribution in [0.25, 0.3) is 11.0 Å². The summed E-state index contributed by atoms with van der Waals surface area (Å²) in [6.45, 7) is 5.82. The van der Waals surface area contributed by atoms with Gasteiger partial charge in [0.2, 0.25) is 0 Å². The summed E-state index contributed by atoms with van der Waals surface area (Å²) in [5.41, 5.74) is 1.71. The Morgan fingerprint density at radius 1 is 1.09 bits per heavy atom. The zero-order chi connectivity index (χ0) is 22.8. The maximum absolute atomic E-state index is 12.9. The molecule has 0 N–H and O–H groups in total. The number of halogens is 2. The Labute approximate surface area is 198 Å². The van der Waals surface area contributed by atoms with Gasteiger partial charge in [0.05, 0.1) is 33.4 Å². The van der Waals surface area contributed by atoms with Crippen molar-refractivity contribution in [2.75, 3.05) is 37.7 Å². The normalized spacial score (nSPS) is 14.5. The number of aromatic nitrogens is 4. The molecule has 0 unspecified atom stereocenters. The molecule has 1 fully saturated rings. The third-order valence-electron chi connectivity index (χ3n) is 5.09. The van der Waals surface area contributed by atoms with Gasteiger partial charge >= 0.3 is 5.97 Å². The maximum Gasteiger partial charge on any atom is 0.360 e. The number of hydrogen-bond donors (Lipinski definition) is 0. The summed E-state index contributed by atoms with van der Waals surface area (Å²) in [5, 5.41) is 4.61. The van der Waals surface area contributed by atoms with E-state index in [-0.39, 0.29) is 18.2 Å². The molecule has 3 aromatic rings. The van der Waals surface area contributed by atoms with E-state index in [0.717, 1.165) is 11.5 Å². The molecule has 0 atom stereocenters. The van der Waals surface area contributed by atoms with Crippen LogP contribution in [0.1, 0.15) is 39.2 Å². The molecule has 0 saturated carbocycles. The first-order valence-electron chi connectivity index (χ1n) is 10.1. The van der Waals surface area contributed by atoms with Crippen molar-refractivity contribution in [2.24, 2.45) is 0 Å². The molecule has 1 aromatic carbocycles. The third-order valence-corrected chi connectivity index (χ3v) is 6.62. The van der Waals surface area contributed by atoms with Crippen LogP contribution < -0.4 is 4.90 Å². The lowest BCUT2D eigenvalue weighted by Gasteiger charge is -2.24. The zero-order valence-electron chi connectivity index (χ0n) is 17.5. The zero-order valence-corrected chi connectivity index (χ0v) is 19.8. The largest absolute Gasteiger partial charge is 0.461 e. The fourth-order valence-corrected chi connectivity index (χ4v) is 4.44. The summed E-state index contributed by atoms with van der Waals surface area (Å²) < 4.78 is 9.07. The highest BCUT2D eigenvalue weighted by Crippen LogP contribution is 2.29. The molecule has 0 bridgehead atoms. The van der Waals surface area contributed by atoms with Gasteiger partial charge in [0, 0.05) is 26.2 Å². The molecular formula is C20H20Cl2N6O3S. The Morgan fingerprint density at radius 3 is 2.47 bits per heavy atom. The minimum Gasteiger partial charge on any atom is -0.461 e. The lowest BCUT2D eigenvalue weighted by Crippen LogP contribution is -2.36. The van der Waals surface area contributed by atoms with Gasteiger partial charge in [-0.3, -0.25) is 4.79 Å². The summed E-state index contributed by atoms with van der Waals surface area (Å²) in [4.78, 5) is 39.0. The number of fused-ring (bicyclic) bond motifs is 1.